The average Bonchev–Trinajstić information content (AvgIpc) is 3.05. The van der Waals surface area contributed by atoms with Gasteiger partial charge in [0.15, 0.2) is 5.75 Å². The number of hydrogen-bond acceptors (Lipinski definition) is 5. The predicted molar refractivity (Wildman–Crippen MR) is 110 cm³/mol. The zero-order valence-corrected chi connectivity index (χ0v) is 17.0. The Bertz CT molecular complexity index is 867. The predicted octanol–water partition coefficient (Wildman–Crippen LogP) is 4.08. The summed E-state index contributed by atoms with van der Waals surface area (Å²) in [6.45, 7) is 5.97. The standard InChI is InChI=1S/C21H28N4O4/c1-13(2)25(20(26)15-6-4-14(3)5-7-15)19-18(29-21(27)28)12-24(23-19)17-10-8-16(22)9-11-17/h8-15H,4-7,22H2,1-3H3,(H,27,28)/t14-,15-. The third kappa shape index (κ3) is 4.70. The first-order chi connectivity index (χ1) is 13.8. The number of amides is 1. The Kier molecular flexibility index (Phi) is 6.10. The van der Waals surface area contributed by atoms with Gasteiger partial charge >= 0.3 is 6.16 Å². The molecule has 156 valence electrons. The van der Waals surface area contributed by atoms with Gasteiger partial charge in [-0.15, -0.1) is 5.10 Å². The Hall–Kier alpha value is -3.03. The van der Waals surface area contributed by atoms with Crippen LogP contribution in [-0.4, -0.2) is 33.0 Å². The van der Waals surface area contributed by atoms with E-state index in [9.17, 15) is 9.59 Å². The van der Waals surface area contributed by atoms with E-state index in [2.05, 4.69) is 12.0 Å². The molecule has 1 heterocycles. The van der Waals surface area contributed by atoms with Gasteiger partial charge in [0.1, 0.15) is 0 Å². The van der Waals surface area contributed by atoms with Gasteiger partial charge in [-0.05, 0) is 69.7 Å². The van der Waals surface area contributed by atoms with E-state index in [0.717, 1.165) is 25.7 Å². The van der Waals surface area contributed by atoms with Crippen molar-refractivity contribution in [3.63, 3.8) is 0 Å². The molecule has 1 fully saturated rings. The minimum Gasteiger partial charge on any atom is -0.449 e. The van der Waals surface area contributed by atoms with Crippen LogP contribution in [0.2, 0.25) is 0 Å². The average molecular weight is 400 g/mol. The van der Waals surface area contributed by atoms with Crippen LogP contribution < -0.4 is 15.4 Å². The van der Waals surface area contributed by atoms with Gasteiger partial charge < -0.3 is 15.6 Å². The van der Waals surface area contributed by atoms with Crippen molar-refractivity contribution >= 4 is 23.6 Å². The first-order valence-corrected chi connectivity index (χ1v) is 9.95. The third-order valence-corrected chi connectivity index (χ3v) is 5.36. The molecule has 0 spiro atoms. The molecule has 1 saturated carbocycles. The van der Waals surface area contributed by atoms with E-state index in [1.54, 1.807) is 29.2 Å². The minimum absolute atomic E-state index is 0.0283. The summed E-state index contributed by atoms with van der Waals surface area (Å²) in [7, 11) is 0. The Morgan fingerprint density at radius 3 is 2.38 bits per heavy atom. The minimum atomic E-state index is -1.45. The number of carbonyl (C=O) groups excluding carboxylic acids is 1. The monoisotopic (exact) mass is 400 g/mol. The van der Waals surface area contributed by atoms with Crippen LogP contribution in [0.1, 0.15) is 46.5 Å². The van der Waals surface area contributed by atoms with Gasteiger partial charge in [0, 0.05) is 17.6 Å². The SMILES string of the molecule is CC(C)N(c1nn(-c2ccc(N)cc2)cc1OC(=O)O)C(=O)[C@H]1CC[C@H](C)CC1. The van der Waals surface area contributed by atoms with E-state index < -0.39 is 6.16 Å². The van der Waals surface area contributed by atoms with Crippen molar-refractivity contribution < 1.29 is 19.4 Å². The molecule has 29 heavy (non-hydrogen) atoms. The maximum Gasteiger partial charge on any atom is 0.511 e. The van der Waals surface area contributed by atoms with Crippen molar-refractivity contribution in [1.82, 2.24) is 9.78 Å². The van der Waals surface area contributed by atoms with Crippen molar-refractivity contribution in [2.45, 2.75) is 52.5 Å². The molecular formula is C21H28N4O4. The number of hydrogen-bond donors (Lipinski definition) is 2. The van der Waals surface area contributed by atoms with Crippen LogP contribution in [0.15, 0.2) is 30.5 Å². The zero-order chi connectivity index (χ0) is 21.1. The summed E-state index contributed by atoms with van der Waals surface area (Å²) in [4.78, 5) is 26.1. The molecule has 0 unspecified atom stereocenters. The number of carbonyl (C=O) groups is 2. The number of ether oxygens (including phenoxy) is 1. The molecule has 8 nitrogen and oxygen atoms in total. The van der Waals surface area contributed by atoms with Crippen LogP contribution in [-0.2, 0) is 4.79 Å². The van der Waals surface area contributed by atoms with Crippen LogP contribution in [0.25, 0.3) is 5.69 Å². The Labute approximate surface area is 170 Å². The summed E-state index contributed by atoms with van der Waals surface area (Å²) in [6.07, 6.45) is 3.71. The van der Waals surface area contributed by atoms with Crippen molar-refractivity contribution in [2.75, 3.05) is 10.6 Å². The van der Waals surface area contributed by atoms with Crippen LogP contribution >= 0.6 is 0 Å². The zero-order valence-electron chi connectivity index (χ0n) is 17.0. The van der Waals surface area contributed by atoms with Crippen molar-refractivity contribution in [3.05, 3.63) is 30.5 Å². The number of aromatic nitrogens is 2. The van der Waals surface area contributed by atoms with Crippen molar-refractivity contribution in [3.8, 4) is 11.4 Å². The van der Waals surface area contributed by atoms with Gasteiger partial charge in [0.05, 0.1) is 11.9 Å². The van der Waals surface area contributed by atoms with Crippen LogP contribution in [0.3, 0.4) is 0 Å². The lowest BCUT2D eigenvalue weighted by Gasteiger charge is -2.32. The largest absolute Gasteiger partial charge is 0.511 e. The van der Waals surface area contributed by atoms with E-state index in [1.165, 1.54) is 10.9 Å². The van der Waals surface area contributed by atoms with E-state index in [1.807, 2.05) is 13.8 Å². The molecule has 2 aromatic rings. The number of rotatable bonds is 5. The summed E-state index contributed by atoms with van der Waals surface area (Å²) in [6, 6.07) is 6.78. The quantitative estimate of drug-likeness (QED) is 0.578. The molecule has 1 amide bonds. The highest BCUT2D eigenvalue weighted by atomic mass is 16.7. The lowest BCUT2D eigenvalue weighted by atomic mass is 9.82. The summed E-state index contributed by atoms with van der Waals surface area (Å²) in [5.74, 6) is 0.739. The summed E-state index contributed by atoms with van der Waals surface area (Å²) in [5.41, 5.74) is 7.03. The Morgan fingerprint density at radius 2 is 1.83 bits per heavy atom. The van der Waals surface area contributed by atoms with Crippen LogP contribution in [0.4, 0.5) is 16.3 Å². The third-order valence-electron chi connectivity index (χ3n) is 5.36. The molecule has 1 aromatic heterocycles. The number of benzene rings is 1. The highest BCUT2D eigenvalue weighted by Crippen LogP contribution is 2.35. The second-order valence-electron chi connectivity index (χ2n) is 7.98. The first kappa shape index (κ1) is 20.7. The molecule has 1 aliphatic carbocycles. The summed E-state index contributed by atoms with van der Waals surface area (Å²) < 4.78 is 6.47. The van der Waals surface area contributed by atoms with Gasteiger partial charge in [-0.2, -0.15) is 0 Å². The molecule has 0 atom stereocenters. The van der Waals surface area contributed by atoms with Crippen LogP contribution in [0.5, 0.6) is 5.75 Å². The fourth-order valence-electron chi connectivity index (χ4n) is 3.75. The molecule has 1 aliphatic rings. The normalized spacial score (nSPS) is 19.2. The lowest BCUT2D eigenvalue weighted by molar-refractivity contribution is -0.124. The van der Waals surface area contributed by atoms with Gasteiger partial charge in [-0.3, -0.25) is 9.69 Å². The maximum absolute atomic E-state index is 13.3. The molecule has 0 aliphatic heterocycles. The highest BCUT2D eigenvalue weighted by Gasteiger charge is 2.34. The molecular weight excluding hydrogens is 372 g/mol. The van der Waals surface area contributed by atoms with E-state index in [4.69, 9.17) is 15.6 Å². The molecule has 3 rings (SSSR count). The van der Waals surface area contributed by atoms with Crippen molar-refractivity contribution in [1.29, 1.82) is 0 Å². The summed E-state index contributed by atoms with van der Waals surface area (Å²) >= 11 is 0. The van der Waals surface area contributed by atoms with Gasteiger partial charge in [0.25, 0.3) is 0 Å². The second kappa shape index (κ2) is 8.55. The topological polar surface area (TPSA) is 111 Å². The van der Waals surface area contributed by atoms with E-state index in [0.29, 0.717) is 17.3 Å². The maximum atomic E-state index is 13.3. The second-order valence-corrected chi connectivity index (χ2v) is 7.98. The number of nitrogens with two attached hydrogens (primary N) is 1. The molecule has 8 heteroatoms. The van der Waals surface area contributed by atoms with Gasteiger partial charge in [-0.1, -0.05) is 6.92 Å². The lowest BCUT2D eigenvalue weighted by Crippen LogP contribution is -2.42. The van der Waals surface area contributed by atoms with Crippen LogP contribution in [0, 0.1) is 11.8 Å². The van der Waals surface area contributed by atoms with E-state index >= 15 is 0 Å². The molecule has 3 N–H and O–H groups in total. The Morgan fingerprint density at radius 1 is 1.21 bits per heavy atom. The first-order valence-electron chi connectivity index (χ1n) is 9.95. The summed E-state index contributed by atoms with van der Waals surface area (Å²) in [5, 5.41) is 13.7. The Balaban J connectivity index is 1.98. The number of nitrogen functional groups attached to an aromatic ring is 1. The molecule has 0 bridgehead atoms. The van der Waals surface area contributed by atoms with Gasteiger partial charge in [-0.25, -0.2) is 9.48 Å². The van der Waals surface area contributed by atoms with E-state index in [-0.39, 0.29) is 29.4 Å². The smallest absolute Gasteiger partial charge is 0.449 e. The van der Waals surface area contributed by atoms with Gasteiger partial charge in [0.2, 0.25) is 11.7 Å². The highest BCUT2D eigenvalue weighted by molar-refractivity contribution is 5.96. The fraction of sp³-hybridized carbons (Fsp3) is 0.476. The van der Waals surface area contributed by atoms with Crippen molar-refractivity contribution in [2.24, 2.45) is 11.8 Å². The molecule has 0 radical (unpaired) electrons. The number of nitrogens with zero attached hydrogens (tertiary/aromatic N) is 3. The fourth-order valence-corrected chi connectivity index (χ4v) is 3.75. The number of carboxylic acid groups (broad SMARTS) is 1. The number of anilines is 2. The molecule has 1 aromatic carbocycles. The molecule has 0 saturated heterocycles.